The predicted molar refractivity (Wildman–Crippen MR) is 66.2 cm³/mol. The van der Waals surface area contributed by atoms with Crippen LogP contribution in [0.2, 0.25) is 0 Å². The van der Waals surface area contributed by atoms with E-state index in [1.807, 2.05) is 25.1 Å². The van der Waals surface area contributed by atoms with Gasteiger partial charge in [0.1, 0.15) is 11.5 Å². The summed E-state index contributed by atoms with van der Waals surface area (Å²) in [4.78, 5) is 12.2. The van der Waals surface area contributed by atoms with Crippen LogP contribution in [0.3, 0.4) is 0 Å². The number of benzene rings is 1. The van der Waals surface area contributed by atoms with Crippen molar-refractivity contribution in [3.63, 3.8) is 0 Å². The van der Waals surface area contributed by atoms with E-state index in [2.05, 4.69) is 5.32 Å². The van der Waals surface area contributed by atoms with Crippen LogP contribution in [0.5, 0.6) is 5.75 Å². The van der Waals surface area contributed by atoms with Crippen molar-refractivity contribution in [2.45, 2.75) is 30.0 Å². The second kappa shape index (κ2) is 4.01. The lowest BCUT2D eigenvalue weighted by molar-refractivity contribution is -0.117. The summed E-state index contributed by atoms with van der Waals surface area (Å²) in [5, 5.41) is 3.38. The molecule has 16 heavy (non-hydrogen) atoms. The van der Waals surface area contributed by atoms with Gasteiger partial charge in [0.15, 0.2) is 0 Å². The number of methoxy groups -OCH3 is 1. The van der Waals surface area contributed by atoms with E-state index in [0.29, 0.717) is 6.42 Å². The highest BCUT2D eigenvalue weighted by atomic mass is 32.2. The summed E-state index contributed by atoms with van der Waals surface area (Å²) in [5.41, 5.74) is 1.05. The number of carbonyl (C=O) groups excluding carboxylic acids is 1. The Bertz CT molecular complexity index is 433. The third-order valence-electron chi connectivity index (χ3n) is 2.51. The monoisotopic (exact) mass is 237 g/mol. The minimum Gasteiger partial charge on any atom is -0.497 e. The molecule has 0 spiro atoms. The maximum absolute atomic E-state index is 11.2. The highest BCUT2D eigenvalue weighted by molar-refractivity contribution is 8.01. The summed E-state index contributed by atoms with van der Waals surface area (Å²) < 4.78 is 5.17. The van der Waals surface area contributed by atoms with E-state index in [1.54, 1.807) is 25.8 Å². The van der Waals surface area contributed by atoms with Crippen molar-refractivity contribution in [2.75, 3.05) is 12.4 Å². The Kier molecular flexibility index (Phi) is 2.84. The quantitative estimate of drug-likeness (QED) is 0.877. The van der Waals surface area contributed by atoms with Crippen molar-refractivity contribution in [3.8, 4) is 5.75 Å². The van der Waals surface area contributed by atoms with E-state index < -0.39 is 0 Å². The van der Waals surface area contributed by atoms with Crippen molar-refractivity contribution in [3.05, 3.63) is 18.2 Å². The molecule has 3 nitrogen and oxygen atoms in total. The van der Waals surface area contributed by atoms with Gasteiger partial charge in [0.25, 0.3) is 0 Å². The lowest BCUT2D eigenvalue weighted by Crippen LogP contribution is -2.29. The number of thioether (sulfide) groups is 1. The van der Waals surface area contributed by atoms with Crippen LogP contribution < -0.4 is 10.1 Å². The number of ketones is 1. The van der Waals surface area contributed by atoms with Gasteiger partial charge in [0, 0.05) is 17.4 Å². The van der Waals surface area contributed by atoms with Crippen molar-refractivity contribution in [1.29, 1.82) is 0 Å². The molecule has 2 rings (SSSR count). The molecule has 1 heterocycles. The first-order chi connectivity index (χ1) is 7.52. The molecule has 0 amide bonds. The van der Waals surface area contributed by atoms with E-state index in [-0.39, 0.29) is 10.7 Å². The average Bonchev–Trinajstić information content (AvgIpc) is 2.50. The van der Waals surface area contributed by atoms with Crippen LogP contribution in [0.15, 0.2) is 23.1 Å². The Morgan fingerprint density at radius 1 is 1.56 bits per heavy atom. The molecule has 4 heteroatoms. The first kappa shape index (κ1) is 11.3. The van der Waals surface area contributed by atoms with E-state index in [9.17, 15) is 4.79 Å². The van der Waals surface area contributed by atoms with Crippen LogP contribution in [0.4, 0.5) is 5.69 Å². The minimum absolute atomic E-state index is 0.197. The first-order valence-corrected chi connectivity index (χ1v) is 5.99. The fourth-order valence-corrected chi connectivity index (χ4v) is 3.21. The number of hydrogen-bond donors (Lipinski definition) is 1. The Labute approximate surface area is 99.6 Å². The van der Waals surface area contributed by atoms with Gasteiger partial charge < -0.3 is 10.1 Å². The van der Waals surface area contributed by atoms with Gasteiger partial charge >= 0.3 is 0 Å². The maximum atomic E-state index is 11.2. The molecule has 0 aromatic heterocycles. The Hall–Kier alpha value is -1.16. The van der Waals surface area contributed by atoms with Gasteiger partial charge in [-0.1, -0.05) is 11.8 Å². The Morgan fingerprint density at radius 3 is 2.94 bits per heavy atom. The number of Topliss-reactive ketones (excluding diaryl/α,β-unsaturated/α-hetero) is 1. The van der Waals surface area contributed by atoms with Crippen molar-refractivity contribution >= 4 is 23.2 Å². The molecule has 1 N–H and O–H groups in total. The first-order valence-electron chi connectivity index (χ1n) is 5.17. The molecule has 1 aromatic rings. The molecule has 1 aromatic carbocycles. The van der Waals surface area contributed by atoms with E-state index in [1.165, 1.54) is 4.90 Å². The summed E-state index contributed by atoms with van der Waals surface area (Å²) in [5.74, 6) is 1.03. The van der Waals surface area contributed by atoms with Crippen molar-refractivity contribution < 1.29 is 9.53 Å². The van der Waals surface area contributed by atoms with Gasteiger partial charge in [-0.2, -0.15) is 0 Å². The summed E-state index contributed by atoms with van der Waals surface area (Å²) in [7, 11) is 1.65. The Balaban J connectivity index is 2.23. The number of rotatable bonds is 3. The molecule has 0 saturated carbocycles. The van der Waals surface area contributed by atoms with Crippen LogP contribution in [0.1, 0.15) is 20.3 Å². The predicted octanol–water partition coefficient (Wildman–Crippen LogP) is 2.91. The third-order valence-corrected chi connectivity index (χ3v) is 3.78. The lowest BCUT2D eigenvalue weighted by Gasteiger charge is -2.22. The zero-order valence-electron chi connectivity index (χ0n) is 9.66. The fourth-order valence-electron chi connectivity index (χ4n) is 1.93. The van der Waals surface area contributed by atoms with Crippen molar-refractivity contribution in [1.82, 2.24) is 0 Å². The molecular weight excluding hydrogens is 222 g/mol. The summed E-state index contributed by atoms with van der Waals surface area (Å²) in [6, 6.07) is 5.93. The average molecular weight is 237 g/mol. The molecule has 1 aliphatic heterocycles. The number of carbonyl (C=O) groups is 1. The van der Waals surface area contributed by atoms with Gasteiger partial charge in [0.05, 0.1) is 17.7 Å². The molecule has 0 saturated heterocycles. The summed E-state index contributed by atoms with van der Waals surface area (Å²) in [6.07, 6.45) is 0.522. The fraction of sp³-hybridized carbons (Fsp3) is 0.417. The Morgan fingerprint density at radius 2 is 2.31 bits per heavy atom. The normalized spacial score (nSPS) is 22.4. The SMILES string of the molecule is COc1ccc2c(c1)N[C@@](C)(CC(C)=O)S2. The van der Waals surface area contributed by atoms with Gasteiger partial charge in [-0.3, -0.25) is 4.79 Å². The molecule has 0 bridgehead atoms. The highest BCUT2D eigenvalue weighted by Gasteiger charge is 2.34. The molecular formula is C12H15NO2S. The summed E-state index contributed by atoms with van der Waals surface area (Å²) in [6.45, 7) is 3.67. The van der Waals surface area contributed by atoms with E-state index in [0.717, 1.165) is 11.4 Å². The van der Waals surface area contributed by atoms with Crippen LogP contribution in [0.25, 0.3) is 0 Å². The van der Waals surface area contributed by atoms with Crippen molar-refractivity contribution in [2.24, 2.45) is 0 Å². The zero-order valence-corrected chi connectivity index (χ0v) is 10.5. The topological polar surface area (TPSA) is 38.3 Å². The maximum Gasteiger partial charge on any atom is 0.133 e. The largest absolute Gasteiger partial charge is 0.497 e. The number of hydrogen-bond acceptors (Lipinski definition) is 4. The number of anilines is 1. The number of ether oxygens (including phenoxy) is 1. The highest BCUT2D eigenvalue weighted by Crippen LogP contribution is 2.47. The lowest BCUT2D eigenvalue weighted by atomic mass is 10.1. The standard InChI is InChI=1S/C12H15NO2S/c1-8(14)7-12(2)13-10-6-9(15-3)4-5-11(10)16-12/h4-6,13H,7H2,1-3H3/t12-/m1/s1. The smallest absolute Gasteiger partial charge is 0.133 e. The van der Waals surface area contributed by atoms with Gasteiger partial charge in [-0.05, 0) is 26.0 Å². The molecule has 0 radical (unpaired) electrons. The third kappa shape index (κ3) is 2.16. The number of nitrogens with one attached hydrogen (secondary N) is 1. The number of fused-ring (bicyclic) bond motifs is 1. The van der Waals surface area contributed by atoms with E-state index in [4.69, 9.17) is 4.74 Å². The zero-order chi connectivity index (χ0) is 11.8. The molecule has 1 aliphatic rings. The van der Waals surface area contributed by atoms with Crippen LogP contribution in [-0.2, 0) is 4.79 Å². The van der Waals surface area contributed by atoms with Gasteiger partial charge in [-0.15, -0.1) is 0 Å². The molecule has 0 fully saturated rings. The second-order valence-electron chi connectivity index (χ2n) is 4.20. The summed E-state index contributed by atoms with van der Waals surface area (Å²) >= 11 is 1.70. The molecule has 1 atom stereocenters. The van der Waals surface area contributed by atoms with E-state index >= 15 is 0 Å². The van der Waals surface area contributed by atoms with Gasteiger partial charge in [-0.25, -0.2) is 0 Å². The van der Waals surface area contributed by atoms with Crippen LogP contribution in [-0.4, -0.2) is 17.8 Å². The van der Waals surface area contributed by atoms with Crippen LogP contribution in [0, 0.1) is 0 Å². The molecule has 0 aliphatic carbocycles. The molecule has 86 valence electrons. The van der Waals surface area contributed by atoms with Crippen LogP contribution >= 0.6 is 11.8 Å². The molecule has 0 unspecified atom stereocenters. The van der Waals surface area contributed by atoms with Gasteiger partial charge in [0.2, 0.25) is 0 Å². The second-order valence-corrected chi connectivity index (χ2v) is 5.74. The minimum atomic E-state index is -0.222.